The van der Waals surface area contributed by atoms with Crippen LogP contribution in [-0.4, -0.2) is 14.3 Å². The Bertz CT molecular complexity index is 510. The Labute approximate surface area is 81.4 Å². The SMILES string of the molecule is Cc1ccn(-c2ccn(C)n2)c(=O)c1. The molecule has 4 nitrogen and oxygen atoms in total. The van der Waals surface area contributed by atoms with Crippen LogP contribution in [0.4, 0.5) is 0 Å². The molecule has 2 aromatic heterocycles. The second-order valence-electron chi connectivity index (χ2n) is 3.26. The van der Waals surface area contributed by atoms with Crippen LogP contribution in [0.1, 0.15) is 5.56 Å². The summed E-state index contributed by atoms with van der Waals surface area (Å²) in [6.07, 6.45) is 3.54. The van der Waals surface area contributed by atoms with E-state index in [-0.39, 0.29) is 5.56 Å². The Kier molecular flexibility index (Phi) is 1.96. The lowest BCUT2D eigenvalue weighted by molar-refractivity contribution is 0.746. The molecule has 0 unspecified atom stereocenters. The summed E-state index contributed by atoms with van der Waals surface area (Å²) in [5.41, 5.74) is 0.908. The molecule has 2 rings (SSSR count). The maximum atomic E-state index is 11.6. The van der Waals surface area contributed by atoms with Crippen LogP contribution >= 0.6 is 0 Å². The minimum absolute atomic E-state index is 0.0521. The topological polar surface area (TPSA) is 39.8 Å². The van der Waals surface area contributed by atoms with E-state index in [1.807, 2.05) is 26.2 Å². The van der Waals surface area contributed by atoms with E-state index in [0.717, 1.165) is 5.56 Å². The van der Waals surface area contributed by atoms with E-state index < -0.39 is 0 Å². The van der Waals surface area contributed by atoms with Crippen molar-refractivity contribution in [2.75, 3.05) is 0 Å². The van der Waals surface area contributed by atoms with Gasteiger partial charge in [0.25, 0.3) is 5.56 Å². The van der Waals surface area contributed by atoms with Crippen LogP contribution in [0.15, 0.2) is 35.4 Å². The molecule has 2 heterocycles. The number of hydrogen-bond donors (Lipinski definition) is 0. The summed E-state index contributed by atoms with van der Waals surface area (Å²) in [7, 11) is 1.82. The van der Waals surface area contributed by atoms with Gasteiger partial charge in [-0.3, -0.25) is 14.0 Å². The molecular formula is C10H11N3O. The number of pyridine rings is 1. The van der Waals surface area contributed by atoms with E-state index in [9.17, 15) is 4.79 Å². The summed E-state index contributed by atoms with van der Waals surface area (Å²) in [5, 5.41) is 4.15. The second kappa shape index (κ2) is 3.14. The average molecular weight is 189 g/mol. The molecule has 0 amide bonds. The Morgan fingerprint density at radius 2 is 2.07 bits per heavy atom. The third-order valence-electron chi connectivity index (χ3n) is 2.02. The standard InChI is InChI=1S/C10H11N3O/c1-8-3-6-13(10(14)7-8)9-4-5-12(2)11-9/h3-7H,1-2H3. The predicted octanol–water partition coefficient (Wildman–Crippen LogP) is 0.879. The van der Waals surface area contributed by atoms with Crippen molar-refractivity contribution < 1.29 is 0 Å². The quantitative estimate of drug-likeness (QED) is 0.668. The van der Waals surface area contributed by atoms with Crippen LogP contribution < -0.4 is 5.56 Å². The predicted molar refractivity (Wildman–Crippen MR) is 53.5 cm³/mol. The van der Waals surface area contributed by atoms with Crippen LogP contribution in [0, 0.1) is 6.92 Å². The van der Waals surface area contributed by atoms with Crippen molar-refractivity contribution in [3.05, 3.63) is 46.5 Å². The molecule has 4 heteroatoms. The molecule has 0 saturated heterocycles. The first-order valence-corrected chi connectivity index (χ1v) is 4.36. The molecule has 0 N–H and O–H groups in total. The van der Waals surface area contributed by atoms with Crippen LogP contribution in [-0.2, 0) is 7.05 Å². The smallest absolute Gasteiger partial charge is 0.256 e. The van der Waals surface area contributed by atoms with E-state index in [4.69, 9.17) is 0 Å². The van der Waals surface area contributed by atoms with Gasteiger partial charge in [0, 0.05) is 31.6 Å². The number of nitrogens with zero attached hydrogens (tertiary/aromatic N) is 3. The monoisotopic (exact) mass is 189 g/mol. The van der Waals surface area contributed by atoms with Crippen molar-refractivity contribution in [2.24, 2.45) is 7.05 Å². The Morgan fingerprint density at radius 1 is 1.29 bits per heavy atom. The minimum Gasteiger partial charge on any atom is -0.274 e. The van der Waals surface area contributed by atoms with Gasteiger partial charge >= 0.3 is 0 Å². The minimum atomic E-state index is -0.0521. The van der Waals surface area contributed by atoms with Crippen LogP contribution in [0.25, 0.3) is 5.82 Å². The van der Waals surface area contributed by atoms with Gasteiger partial charge in [0.2, 0.25) is 0 Å². The van der Waals surface area contributed by atoms with Crippen LogP contribution in [0.2, 0.25) is 0 Å². The first kappa shape index (κ1) is 8.74. The van der Waals surface area contributed by atoms with Gasteiger partial charge in [0.15, 0.2) is 5.82 Å². The second-order valence-corrected chi connectivity index (χ2v) is 3.26. The van der Waals surface area contributed by atoms with Crippen LogP contribution in [0.5, 0.6) is 0 Å². The number of aromatic nitrogens is 3. The molecule has 0 aromatic carbocycles. The average Bonchev–Trinajstić information content (AvgIpc) is 2.51. The van der Waals surface area contributed by atoms with E-state index in [2.05, 4.69) is 5.10 Å². The molecule has 0 aliphatic carbocycles. The summed E-state index contributed by atoms with van der Waals surface area (Å²) in [4.78, 5) is 11.6. The lowest BCUT2D eigenvalue weighted by Crippen LogP contribution is -2.17. The van der Waals surface area contributed by atoms with E-state index in [1.165, 1.54) is 4.57 Å². The Hall–Kier alpha value is -1.84. The molecule has 0 radical (unpaired) electrons. The van der Waals surface area contributed by atoms with Gasteiger partial charge in [-0.1, -0.05) is 0 Å². The lowest BCUT2D eigenvalue weighted by Gasteiger charge is -2.00. The summed E-state index contributed by atoms with van der Waals surface area (Å²) >= 11 is 0. The fourth-order valence-electron chi connectivity index (χ4n) is 1.30. The van der Waals surface area contributed by atoms with Crippen molar-refractivity contribution >= 4 is 0 Å². The van der Waals surface area contributed by atoms with E-state index in [0.29, 0.717) is 5.82 Å². The molecule has 0 bridgehead atoms. The van der Waals surface area contributed by atoms with E-state index >= 15 is 0 Å². The maximum absolute atomic E-state index is 11.6. The molecule has 2 aromatic rings. The maximum Gasteiger partial charge on any atom is 0.256 e. The first-order chi connectivity index (χ1) is 6.66. The number of hydrogen-bond acceptors (Lipinski definition) is 2. The number of rotatable bonds is 1. The van der Waals surface area contributed by atoms with Gasteiger partial charge in [-0.05, 0) is 18.6 Å². The molecule has 0 fully saturated rings. The normalized spacial score (nSPS) is 10.4. The summed E-state index contributed by atoms with van der Waals surface area (Å²) in [6.45, 7) is 1.89. The zero-order valence-electron chi connectivity index (χ0n) is 8.14. The molecule has 0 aliphatic heterocycles. The third-order valence-corrected chi connectivity index (χ3v) is 2.02. The van der Waals surface area contributed by atoms with Crippen molar-refractivity contribution in [1.29, 1.82) is 0 Å². The van der Waals surface area contributed by atoms with E-state index in [1.54, 1.807) is 23.0 Å². The number of aryl methyl sites for hydroxylation is 2. The van der Waals surface area contributed by atoms with Gasteiger partial charge in [-0.2, -0.15) is 5.10 Å². The summed E-state index contributed by atoms with van der Waals surface area (Å²) in [5.74, 6) is 0.650. The highest BCUT2D eigenvalue weighted by Crippen LogP contribution is 2.00. The molecule has 0 aliphatic rings. The van der Waals surface area contributed by atoms with Gasteiger partial charge in [0.05, 0.1) is 0 Å². The molecule has 0 spiro atoms. The van der Waals surface area contributed by atoms with Gasteiger partial charge < -0.3 is 0 Å². The van der Waals surface area contributed by atoms with Crippen molar-refractivity contribution in [3.63, 3.8) is 0 Å². The zero-order valence-corrected chi connectivity index (χ0v) is 8.14. The fraction of sp³-hybridized carbons (Fsp3) is 0.200. The molecule has 0 atom stereocenters. The van der Waals surface area contributed by atoms with Crippen molar-refractivity contribution in [2.45, 2.75) is 6.92 Å². The zero-order chi connectivity index (χ0) is 10.1. The van der Waals surface area contributed by atoms with Crippen molar-refractivity contribution in [3.8, 4) is 5.82 Å². The first-order valence-electron chi connectivity index (χ1n) is 4.36. The largest absolute Gasteiger partial charge is 0.274 e. The molecular weight excluding hydrogens is 178 g/mol. The highest BCUT2D eigenvalue weighted by atomic mass is 16.1. The lowest BCUT2D eigenvalue weighted by atomic mass is 10.3. The highest BCUT2D eigenvalue weighted by Gasteiger charge is 2.01. The van der Waals surface area contributed by atoms with Crippen molar-refractivity contribution in [1.82, 2.24) is 14.3 Å². The summed E-state index contributed by atoms with van der Waals surface area (Å²) in [6, 6.07) is 5.28. The Morgan fingerprint density at radius 3 is 2.64 bits per heavy atom. The highest BCUT2D eigenvalue weighted by molar-refractivity contribution is 5.22. The molecule has 72 valence electrons. The Balaban J connectivity index is 2.57. The molecule has 0 saturated carbocycles. The third kappa shape index (κ3) is 1.46. The van der Waals surface area contributed by atoms with Gasteiger partial charge in [-0.25, -0.2) is 0 Å². The summed E-state index contributed by atoms with van der Waals surface area (Å²) < 4.78 is 3.19. The van der Waals surface area contributed by atoms with Gasteiger partial charge in [-0.15, -0.1) is 0 Å². The van der Waals surface area contributed by atoms with Crippen LogP contribution in [0.3, 0.4) is 0 Å². The van der Waals surface area contributed by atoms with Gasteiger partial charge in [0.1, 0.15) is 0 Å². The fourth-order valence-corrected chi connectivity index (χ4v) is 1.30. The molecule has 14 heavy (non-hydrogen) atoms.